The topological polar surface area (TPSA) is 59.8 Å². The summed E-state index contributed by atoms with van der Waals surface area (Å²) in [6.07, 6.45) is 6.52. The summed E-state index contributed by atoms with van der Waals surface area (Å²) in [5.41, 5.74) is 1.70. The van der Waals surface area contributed by atoms with Crippen molar-refractivity contribution < 1.29 is 19.2 Å². The third-order valence-electron chi connectivity index (χ3n) is 5.14. The fourth-order valence-electron chi connectivity index (χ4n) is 3.74. The predicted octanol–water partition coefficient (Wildman–Crippen LogP) is 1.81. The lowest BCUT2D eigenvalue weighted by molar-refractivity contribution is -0.901. The largest absolute Gasteiger partial charge is 0.462 e. The average molecular weight is 351 g/mol. The fourth-order valence-corrected chi connectivity index (χ4v) is 5.02. The summed E-state index contributed by atoms with van der Waals surface area (Å²) >= 11 is 1.56. The maximum absolute atomic E-state index is 12.7. The van der Waals surface area contributed by atoms with Crippen LogP contribution in [-0.2, 0) is 22.4 Å². The van der Waals surface area contributed by atoms with Crippen LogP contribution in [0.25, 0.3) is 0 Å². The molecule has 1 aromatic heterocycles. The summed E-state index contributed by atoms with van der Waals surface area (Å²) in [5, 5.41) is 3.73. The molecule has 1 aliphatic carbocycles. The molecule has 1 fully saturated rings. The Morgan fingerprint density at radius 3 is 2.62 bits per heavy atom. The van der Waals surface area contributed by atoms with E-state index < -0.39 is 0 Å². The van der Waals surface area contributed by atoms with Crippen molar-refractivity contribution >= 4 is 28.2 Å². The molecule has 24 heavy (non-hydrogen) atoms. The molecule has 0 aromatic carbocycles. The van der Waals surface area contributed by atoms with Gasteiger partial charge in [-0.1, -0.05) is 0 Å². The number of anilines is 1. The number of hydrogen-bond donors (Lipinski definition) is 2. The Kier molecular flexibility index (Phi) is 5.56. The summed E-state index contributed by atoms with van der Waals surface area (Å²) in [6, 6.07) is -0.0818. The first-order chi connectivity index (χ1) is 11.6. The Morgan fingerprint density at radius 2 is 1.92 bits per heavy atom. The van der Waals surface area contributed by atoms with Crippen molar-refractivity contribution in [1.82, 2.24) is 0 Å². The number of quaternary nitrogens is 1. The molecular weight excluding hydrogens is 324 g/mol. The van der Waals surface area contributed by atoms with Gasteiger partial charge in [0.1, 0.15) is 5.00 Å². The minimum Gasteiger partial charge on any atom is -0.462 e. The van der Waals surface area contributed by atoms with E-state index in [9.17, 15) is 9.59 Å². The van der Waals surface area contributed by atoms with Crippen LogP contribution in [0.2, 0.25) is 0 Å². The number of fused-ring (bicyclic) bond motifs is 1. The number of thiophene rings is 1. The van der Waals surface area contributed by atoms with Crippen LogP contribution in [0.4, 0.5) is 5.00 Å². The molecule has 0 spiro atoms. The van der Waals surface area contributed by atoms with Crippen molar-refractivity contribution in [3.63, 3.8) is 0 Å². The van der Waals surface area contributed by atoms with Crippen molar-refractivity contribution in [3.05, 3.63) is 16.0 Å². The van der Waals surface area contributed by atoms with Crippen LogP contribution >= 0.6 is 11.3 Å². The molecule has 2 aliphatic rings. The van der Waals surface area contributed by atoms with E-state index in [1.807, 2.05) is 13.8 Å². The number of esters is 1. The van der Waals surface area contributed by atoms with Gasteiger partial charge in [-0.3, -0.25) is 4.79 Å². The molecule has 6 heteroatoms. The molecule has 0 radical (unpaired) electrons. The molecule has 1 aromatic rings. The Labute approximate surface area is 147 Å². The number of ether oxygens (including phenoxy) is 1. The normalized spacial score (nSPS) is 18.9. The highest BCUT2D eigenvalue weighted by Crippen LogP contribution is 2.38. The molecule has 2 N–H and O–H groups in total. The van der Waals surface area contributed by atoms with Crippen molar-refractivity contribution in [2.45, 2.75) is 58.4 Å². The minimum atomic E-state index is -0.298. The lowest BCUT2D eigenvalue weighted by Gasteiger charge is -2.20. The van der Waals surface area contributed by atoms with Crippen LogP contribution in [-0.4, -0.2) is 37.6 Å². The quantitative estimate of drug-likeness (QED) is 0.796. The van der Waals surface area contributed by atoms with E-state index in [0.717, 1.165) is 44.3 Å². The van der Waals surface area contributed by atoms with Crippen LogP contribution in [0, 0.1) is 0 Å². The zero-order chi connectivity index (χ0) is 17.1. The van der Waals surface area contributed by atoms with Gasteiger partial charge in [0.15, 0.2) is 6.04 Å². The van der Waals surface area contributed by atoms with Gasteiger partial charge in [0.25, 0.3) is 5.91 Å². The zero-order valence-electron chi connectivity index (χ0n) is 14.6. The van der Waals surface area contributed by atoms with Gasteiger partial charge in [0.05, 0.1) is 25.3 Å². The highest BCUT2D eigenvalue weighted by Gasteiger charge is 2.31. The smallest absolute Gasteiger partial charge is 0.341 e. The summed E-state index contributed by atoms with van der Waals surface area (Å²) < 4.78 is 5.25. The SMILES string of the molecule is CCOC(=O)c1c(NC(=O)[C@@H](C)[NH+]2CCCC2)sc2c1CCCC2. The third-order valence-corrected chi connectivity index (χ3v) is 6.35. The summed E-state index contributed by atoms with van der Waals surface area (Å²) in [7, 11) is 0. The monoisotopic (exact) mass is 351 g/mol. The molecule has 1 saturated heterocycles. The number of aryl methyl sites for hydroxylation is 1. The number of carbonyl (C=O) groups is 2. The van der Waals surface area contributed by atoms with Gasteiger partial charge in [-0.25, -0.2) is 4.79 Å². The highest BCUT2D eigenvalue weighted by atomic mass is 32.1. The first-order valence-electron chi connectivity index (χ1n) is 9.09. The van der Waals surface area contributed by atoms with Crippen LogP contribution in [0.1, 0.15) is 60.3 Å². The van der Waals surface area contributed by atoms with Crippen LogP contribution in [0.3, 0.4) is 0 Å². The Morgan fingerprint density at radius 1 is 1.21 bits per heavy atom. The second-order valence-corrected chi connectivity index (χ2v) is 7.82. The molecule has 1 amide bonds. The molecule has 2 heterocycles. The van der Waals surface area contributed by atoms with Crippen LogP contribution in [0.15, 0.2) is 0 Å². The molecule has 1 aliphatic heterocycles. The van der Waals surface area contributed by atoms with Crippen molar-refractivity contribution in [3.8, 4) is 0 Å². The predicted molar refractivity (Wildman–Crippen MR) is 94.9 cm³/mol. The first-order valence-corrected chi connectivity index (χ1v) is 9.90. The van der Waals surface area contributed by atoms with Gasteiger partial charge in [0.2, 0.25) is 0 Å². The Bertz CT molecular complexity index is 620. The first kappa shape index (κ1) is 17.4. The number of nitrogens with one attached hydrogen (secondary N) is 2. The fraction of sp³-hybridized carbons (Fsp3) is 0.667. The summed E-state index contributed by atoms with van der Waals surface area (Å²) in [4.78, 5) is 27.7. The molecular formula is C18H27N2O3S+. The van der Waals surface area contributed by atoms with Crippen molar-refractivity contribution in [2.75, 3.05) is 25.0 Å². The highest BCUT2D eigenvalue weighted by molar-refractivity contribution is 7.17. The van der Waals surface area contributed by atoms with E-state index in [4.69, 9.17) is 4.74 Å². The van der Waals surface area contributed by atoms with E-state index in [1.54, 1.807) is 11.3 Å². The van der Waals surface area contributed by atoms with E-state index in [0.29, 0.717) is 17.2 Å². The molecule has 0 saturated carbocycles. The van der Waals surface area contributed by atoms with E-state index >= 15 is 0 Å². The van der Waals surface area contributed by atoms with Crippen LogP contribution < -0.4 is 10.2 Å². The molecule has 132 valence electrons. The standard InChI is InChI=1S/C18H26N2O3S/c1-3-23-18(22)15-13-8-4-5-9-14(13)24-17(15)19-16(21)12(2)20-10-6-7-11-20/h12H,3-11H2,1-2H3,(H,19,21)/p+1/t12-/m1/s1. The second kappa shape index (κ2) is 7.66. The molecule has 0 unspecified atom stereocenters. The van der Waals surface area contributed by atoms with Gasteiger partial charge in [0, 0.05) is 17.7 Å². The zero-order valence-corrected chi connectivity index (χ0v) is 15.4. The maximum Gasteiger partial charge on any atom is 0.341 e. The second-order valence-electron chi connectivity index (χ2n) is 6.71. The van der Waals surface area contributed by atoms with Gasteiger partial charge in [-0.05, 0) is 45.1 Å². The van der Waals surface area contributed by atoms with E-state index in [-0.39, 0.29) is 17.9 Å². The van der Waals surface area contributed by atoms with Gasteiger partial charge in [-0.15, -0.1) is 11.3 Å². The van der Waals surface area contributed by atoms with Gasteiger partial charge in [-0.2, -0.15) is 0 Å². The van der Waals surface area contributed by atoms with Gasteiger partial charge < -0.3 is 15.0 Å². The number of amides is 1. The lowest BCUT2D eigenvalue weighted by Crippen LogP contribution is -3.14. The third kappa shape index (κ3) is 3.49. The average Bonchev–Trinajstić information content (AvgIpc) is 3.21. The van der Waals surface area contributed by atoms with Crippen molar-refractivity contribution in [1.29, 1.82) is 0 Å². The lowest BCUT2D eigenvalue weighted by atomic mass is 9.95. The summed E-state index contributed by atoms with van der Waals surface area (Å²) in [5.74, 6) is -0.288. The number of rotatable bonds is 5. The Balaban J connectivity index is 1.82. The number of likely N-dealkylation sites (tertiary alicyclic amines) is 1. The molecule has 0 bridgehead atoms. The van der Waals surface area contributed by atoms with Gasteiger partial charge >= 0.3 is 5.97 Å². The maximum atomic E-state index is 12.7. The van der Waals surface area contributed by atoms with E-state index in [2.05, 4.69) is 5.32 Å². The van der Waals surface area contributed by atoms with E-state index in [1.165, 1.54) is 22.6 Å². The summed E-state index contributed by atoms with van der Waals surface area (Å²) in [6.45, 7) is 6.26. The number of carbonyl (C=O) groups excluding carboxylic acids is 2. The molecule has 5 nitrogen and oxygen atoms in total. The molecule has 1 atom stereocenters. The number of hydrogen-bond acceptors (Lipinski definition) is 4. The van der Waals surface area contributed by atoms with Crippen molar-refractivity contribution in [2.24, 2.45) is 0 Å². The van der Waals surface area contributed by atoms with Crippen LogP contribution in [0.5, 0.6) is 0 Å². The molecule has 3 rings (SSSR count). The Hall–Kier alpha value is -1.40. The minimum absolute atomic E-state index is 0.0102.